The van der Waals surface area contributed by atoms with Gasteiger partial charge in [0.25, 0.3) is 5.37 Å². The molecule has 0 bridgehead atoms. The van der Waals surface area contributed by atoms with Gasteiger partial charge in [0, 0.05) is 15.5 Å². The molecule has 0 fully saturated rings. The van der Waals surface area contributed by atoms with Crippen molar-refractivity contribution in [3.63, 3.8) is 0 Å². The Bertz CT molecular complexity index is 343. The van der Waals surface area contributed by atoms with E-state index in [9.17, 15) is 10.1 Å². The van der Waals surface area contributed by atoms with Gasteiger partial charge in [-0.1, -0.05) is 12.1 Å². The third kappa shape index (κ3) is 1.60. The van der Waals surface area contributed by atoms with E-state index < -0.39 is 5.37 Å². The van der Waals surface area contributed by atoms with Crippen molar-refractivity contribution in [3.05, 3.63) is 34.4 Å². The second-order valence-electron chi connectivity index (χ2n) is 2.73. The quantitative estimate of drug-likeness (QED) is 0.549. The molecule has 0 aromatic heterocycles. The molecule has 1 heterocycles. The van der Waals surface area contributed by atoms with E-state index >= 15 is 0 Å². The van der Waals surface area contributed by atoms with Gasteiger partial charge in [-0.05, 0) is 23.9 Å². The molecule has 1 atom stereocenters. The minimum Gasteiger partial charge on any atom is -0.377 e. The topological polar surface area (TPSA) is 55.2 Å². The molecule has 0 saturated carbocycles. The van der Waals surface area contributed by atoms with E-state index in [0.717, 1.165) is 10.6 Å². The molecule has 1 aliphatic rings. The predicted molar refractivity (Wildman–Crippen MR) is 51.6 cm³/mol. The largest absolute Gasteiger partial charge is 0.377 e. The van der Waals surface area contributed by atoms with Gasteiger partial charge >= 0.3 is 0 Å². The average molecular weight is 196 g/mol. The smallest absolute Gasteiger partial charge is 0.279 e. The van der Waals surface area contributed by atoms with Crippen LogP contribution in [0.15, 0.2) is 29.2 Å². The number of hydrogen-bond donors (Lipinski definition) is 1. The minimum atomic E-state index is -0.560. The summed E-state index contributed by atoms with van der Waals surface area (Å²) in [6.45, 7) is 0.397. The van der Waals surface area contributed by atoms with Gasteiger partial charge in [-0.25, -0.2) is 0 Å². The van der Waals surface area contributed by atoms with Crippen LogP contribution in [0.3, 0.4) is 0 Å². The number of nitrogens with one attached hydrogen (secondary N) is 1. The Balaban J connectivity index is 2.24. The Hall–Kier alpha value is -1.23. The van der Waals surface area contributed by atoms with Crippen LogP contribution in [0.2, 0.25) is 0 Å². The molecule has 2 rings (SSSR count). The van der Waals surface area contributed by atoms with E-state index in [1.807, 2.05) is 24.3 Å². The molecule has 0 saturated heterocycles. The van der Waals surface area contributed by atoms with E-state index in [1.54, 1.807) is 0 Å². The van der Waals surface area contributed by atoms with Crippen LogP contribution in [0.1, 0.15) is 0 Å². The lowest BCUT2D eigenvalue weighted by atomic mass is 10.3. The van der Waals surface area contributed by atoms with Crippen LogP contribution in [-0.2, 0) is 0 Å². The van der Waals surface area contributed by atoms with Crippen molar-refractivity contribution in [1.82, 2.24) is 0 Å². The van der Waals surface area contributed by atoms with Crippen LogP contribution in [-0.4, -0.2) is 16.8 Å². The number of hydrogen-bond acceptors (Lipinski definition) is 4. The molecule has 68 valence electrons. The fourth-order valence-corrected chi connectivity index (χ4v) is 2.19. The van der Waals surface area contributed by atoms with Gasteiger partial charge < -0.3 is 5.32 Å². The molecule has 1 aromatic rings. The number of benzene rings is 1. The fourth-order valence-electron chi connectivity index (χ4n) is 1.22. The van der Waals surface area contributed by atoms with Crippen LogP contribution in [0.4, 0.5) is 5.69 Å². The van der Waals surface area contributed by atoms with E-state index in [2.05, 4.69) is 5.32 Å². The summed E-state index contributed by atoms with van der Waals surface area (Å²) in [4.78, 5) is 11.2. The van der Waals surface area contributed by atoms with Crippen LogP contribution in [0.25, 0.3) is 0 Å². The Morgan fingerprint density at radius 3 is 3.08 bits per heavy atom. The first kappa shape index (κ1) is 8.37. The summed E-state index contributed by atoms with van der Waals surface area (Å²) in [5.41, 5.74) is 0.991. The number of nitro groups is 1. The van der Waals surface area contributed by atoms with Crippen molar-refractivity contribution in [1.29, 1.82) is 0 Å². The molecule has 0 amide bonds. The van der Waals surface area contributed by atoms with Crippen molar-refractivity contribution in [2.24, 2.45) is 0 Å². The van der Waals surface area contributed by atoms with Gasteiger partial charge in [-0.15, -0.1) is 0 Å². The lowest BCUT2D eigenvalue weighted by Gasteiger charge is -2.19. The van der Waals surface area contributed by atoms with Crippen molar-refractivity contribution in [3.8, 4) is 0 Å². The number of rotatable bonds is 1. The fraction of sp³-hybridized carbons (Fsp3) is 0.250. The van der Waals surface area contributed by atoms with Crippen molar-refractivity contribution >= 4 is 17.4 Å². The van der Waals surface area contributed by atoms with E-state index in [0.29, 0.717) is 6.54 Å². The Morgan fingerprint density at radius 1 is 1.54 bits per heavy atom. The molecular formula is C8H8N2O2S. The van der Waals surface area contributed by atoms with Gasteiger partial charge in [0.2, 0.25) is 0 Å². The molecule has 0 radical (unpaired) electrons. The highest BCUT2D eigenvalue weighted by Gasteiger charge is 2.26. The number of fused-ring (bicyclic) bond motifs is 1. The predicted octanol–water partition coefficient (Wildman–Crippen LogP) is 1.81. The molecule has 1 unspecified atom stereocenters. The van der Waals surface area contributed by atoms with Gasteiger partial charge in [-0.3, -0.25) is 10.1 Å². The molecule has 1 aromatic carbocycles. The van der Waals surface area contributed by atoms with E-state index in [4.69, 9.17) is 0 Å². The molecule has 5 heteroatoms. The third-order valence-corrected chi connectivity index (χ3v) is 3.07. The Morgan fingerprint density at radius 2 is 2.31 bits per heavy atom. The molecule has 0 spiro atoms. The monoisotopic (exact) mass is 196 g/mol. The van der Waals surface area contributed by atoms with Crippen molar-refractivity contribution < 1.29 is 4.92 Å². The third-order valence-electron chi connectivity index (χ3n) is 1.85. The summed E-state index contributed by atoms with van der Waals surface area (Å²) >= 11 is 1.30. The maximum Gasteiger partial charge on any atom is 0.279 e. The highest BCUT2D eigenvalue weighted by atomic mass is 32.2. The van der Waals surface area contributed by atoms with Gasteiger partial charge in [-0.2, -0.15) is 0 Å². The summed E-state index contributed by atoms with van der Waals surface area (Å²) in [6.07, 6.45) is 0. The van der Waals surface area contributed by atoms with Gasteiger partial charge in [0.1, 0.15) is 0 Å². The normalized spacial score (nSPS) is 20.2. The number of anilines is 1. The zero-order valence-electron chi connectivity index (χ0n) is 6.77. The second-order valence-corrected chi connectivity index (χ2v) is 3.95. The zero-order valence-corrected chi connectivity index (χ0v) is 7.58. The van der Waals surface area contributed by atoms with Gasteiger partial charge in [0.15, 0.2) is 0 Å². The minimum absolute atomic E-state index is 0.256. The average Bonchev–Trinajstić information content (AvgIpc) is 2.17. The van der Waals surface area contributed by atoms with Gasteiger partial charge in [0.05, 0.1) is 6.54 Å². The Kier molecular flexibility index (Phi) is 2.10. The van der Waals surface area contributed by atoms with Crippen LogP contribution in [0.5, 0.6) is 0 Å². The summed E-state index contributed by atoms with van der Waals surface area (Å²) in [7, 11) is 0. The molecular weight excluding hydrogens is 188 g/mol. The lowest BCUT2D eigenvalue weighted by molar-refractivity contribution is -0.491. The molecule has 1 N–H and O–H groups in total. The number of thioether (sulfide) groups is 1. The number of para-hydroxylation sites is 1. The van der Waals surface area contributed by atoms with E-state index in [-0.39, 0.29) is 4.92 Å². The first-order valence-corrected chi connectivity index (χ1v) is 4.78. The lowest BCUT2D eigenvalue weighted by Crippen LogP contribution is -2.28. The molecule has 4 nitrogen and oxygen atoms in total. The first-order chi connectivity index (χ1) is 6.27. The molecule has 1 aliphatic heterocycles. The molecule has 0 aliphatic carbocycles. The zero-order chi connectivity index (χ0) is 9.26. The molecule has 13 heavy (non-hydrogen) atoms. The van der Waals surface area contributed by atoms with Crippen LogP contribution < -0.4 is 5.32 Å². The van der Waals surface area contributed by atoms with Crippen LogP contribution >= 0.6 is 11.8 Å². The van der Waals surface area contributed by atoms with E-state index in [1.165, 1.54) is 11.8 Å². The van der Waals surface area contributed by atoms with Crippen LogP contribution in [0, 0.1) is 10.1 Å². The second kappa shape index (κ2) is 3.26. The maximum absolute atomic E-state index is 10.5. The number of nitrogens with zero attached hydrogens (tertiary/aromatic N) is 1. The SMILES string of the molecule is O=[N+]([O-])C1CNc2ccccc2S1. The van der Waals surface area contributed by atoms with Crippen molar-refractivity contribution in [2.75, 3.05) is 11.9 Å². The highest BCUT2D eigenvalue weighted by Crippen LogP contribution is 2.34. The Labute approximate surface area is 79.5 Å². The summed E-state index contributed by atoms with van der Waals surface area (Å²) < 4.78 is 0. The summed E-state index contributed by atoms with van der Waals surface area (Å²) in [5, 5.41) is 13.0. The summed E-state index contributed by atoms with van der Waals surface area (Å²) in [5.74, 6) is 0. The van der Waals surface area contributed by atoms with Crippen molar-refractivity contribution in [2.45, 2.75) is 10.3 Å². The summed E-state index contributed by atoms with van der Waals surface area (Å²) in [6, 6.07) is 7.62. The maximum atomic E-state index is 10.5. The first-order valence-electron chi connectivity index (χ1n) is 3.90. The highest BCUT2D eigenvalue weighted by molar-refractivity contribution is 8.00. The standard InChI is InChI=1S/C8H8N2O2S/c11-10(12)8-5-9-6-3-1-2-4-7(6)13-8/h1-4,8-9H,5H2.